The number of aromatic nitrogens is 1. The van der Waals surface area contributed by atoms with Gasteiger partial charge in [-0.1, -0.05) is 13.0 Å². The van der Waals surface area contributed by atoms with Crippen LogP contribution in [0.2, 0.25) is 0 Å². The number of hydrogen-bond donors (Lipinski definition) is 0. The van der Waals surface area contributed by atoms with Crippen molar-refractivity contribution in [2.75, 3.05) is 5.75 Å². The van der Waals surface area contributed by atoms with Gasteiger partial charge in [-0.15, -0.1) is 0 Å². The standard InChI is InChI=1S/C15H23F2NOS/c1-11(6-5-9-20(19)15(2,3)4)12-7-8-13(14(16)17)18-10-12/h7-8,10-11,14H,5-6,9H2,1-4H3/t11-,20+/m0/s1. The normalized spacial score (nSPS) is 15.3. The Kier molecular flexibility index (Phi) is 6.24. The summed E-state index contributed by atoms with van der Waals surface area (Å²) in [5.41, 5.74) is 0.769. The van der Waals surface area contributed by atoms with Gasteiger partial charge in [0.2, 0.25) is 0 Å². The Morgan fingerprint density at radius 3 is 2.40 bits per heavy atom. The van der Waals surface area contributed by atoms with Crippen LogP contribution in [0.25, 0.3) is 0 Å². The van der Waals surface area contributed by atoms with Gasteiger partial charge in [0.15, 0.2) is 0 Å². The topological polar surface area (TPSA) is 30.0 Å². The van der Waals surface area contributed by atoms with Crippen molar-refractivity contribution in [2.45, 2.75) is 57.6 Å². The van der Waals surface area contributed by atoms with E-state index in [1.54, 1.807) is 6.07 Å². The number of hydrogen-bond acceptors (Lipinski definition) is 2. The number of alkyl halides is 2. The van der Waals surface area contributed by atoms with Crippen LogP contribution >= 0.6 is 0 Å². The third kappa shape index (κ3) is 5.27. The molecule has 0 amide bonds. The quantitative estimate of drug-likeness (QED) is 0.777. The third-order valence-corrected chi connectivity index (χ3v) is 5.28. The van der Waals surface area contributed by atoms with E-state index in [0.29, 0.717) is 5.75 Å². The van der Waals surface area contributed by atoms with Crippen molar-refractivity contribution in [3.8, 4) is 0 Å². The Morgan fingerprint density at radius 2 is 1.95 bits per heavy atom. The highest BCUT2D eigenvalue weighted by Crippen LogP contribution is 2.23. The lowest BCUT2D eigenvalue weighted by molar-refractivity contribution is 0.146. The molecule has 0 fully saturated rings. The molecule has 1 aromatic rings. The van der Waals surface area contributed by atoms with Gasteiger partial charge in [0.05, 0.1) is 0 Å². The van der Waals surface area contributed by atoms with E-state index in [2.05, 4.69) is 4.98 Å². The Balaban J connectivity index is 2.47. The predicted octanol–water partition coefficient (Wildman–Crippen LogP) is 4.45. The molecule has 0 unspecified atom stereocenters. The zero-order valence-corrected chi connectivity index (χ0v) is 13.3. The fourth-order valence-corrected chi connectivity index (χ4v) is 2.87. The number of rotatable bonds is 6. The average molecular weight is 303 g/mol. The molecular weight excluding hydrogens is 280 g/mol. The zero-order valence-electron chi connectivity index (χ0n) is 12.5. The first-order valence-electron chi connectivity index (χ1n) is 6.84. The molecule has 2 atom stereocenters. The second-order valence-electron chi connectivity index (χ2n) is 6.02. The molecule has 0 aliphatic heterocycles. The van der Waals surface area contributed by atoms with E-state index >= 15 is 0 Å². The fraction of sp³-hybridized carbons (Fsp3) is 0.667. The first-order chi connectivity index (χ1) is 9.21. The van der Waals surface area contributed by atoms with Crippen LogP contribution in [-0.2, 0) is 10.8 Å². The lowest BCUT2D eigenvalue weighted by Gasteiger charge is -2.18. The molecule has 1 heterocycles. The van der Waals surface area contributed by atoms with Gasteiger partial charge in [-0.3, -0.25) is 9.19 Å². The molecular formula is C15H23F2NOS. The highest BCUT2D eigenvalue weighted by molar-refractivity contribution is 7.86. The minimum absolute atomic E-state index is 0.177. The summed E-state index contributed by atoms with van der Waals surface area (Å²) in [5.74, 6) is 0.919. The Bertz CT molecular complexity index is 440. The molecule has 0 aromatic carbocycles. The molecule has 0 aliphatic rings. The molecule has 0 aliphatic carbocycles. The number of halogens is 2. The van der Waals surface area contributed by atoms with Crippen molar-refractivity contribution in [1.29, 1.82) is 0 Å². The van der Waals surface area contributed by atoms with Gasteiger partial charge in [0.25, 0.3) is 6.43 Å². The van der Waals surface area contributed by atoms with Gasteiger partial charge in [0.1, 0.15) is 5.69 Å². The summed E-state index contributed by atoms with van der Waals surface area (Å²) in [5, 5.41) is 0. The maximum atomic E-state index is 12.4. The molecule has 0 saturated carbocycles. The first kappa shape index (κ1) is 17.2. The van der Waals surface area contributed by atoms with Crippen molar-refractivity contribution < 1.29 is 13.0 Å². The third-order valence-electron chi connectivity index (χ3n) is 3.25. The van der Waals surface area contributed by atoms with Crippen LogP contribution in [0.1, 0.15) is 64.1 Å². The molecule has 5 heteroatoms. The molecule has 0 radical (unpaired) electrons. The van der Waals surface area contributed by atoms with Crippen molar-refractivity contribution in [3.63, 3.8) is 0 Å². The molecule has 0 spiro atoms. The summed E-state index contributed by atoms with van der Waals surface area (Å²) in [6.45, 7) is 7.96. The lowest BCUT2D eigenvalue weighted by atomic mass is 9.98. The number of pyridine rings is 1. The molecule has 0 bridgehead atoms. The fourth-order valence-electron chi connectivity index (χ4n) is 1.83. The van der Waals surface area contributed by atoms with E-state index in [4.69, 9.17) is 0 Å². The molecule has 2 nitrogen and oxygen atoms in total. The minimum atomic E-state index is -2.52. The predicted molar refractivity (Wildman–Crippen MR) is 79.6 cm³/mol. The maximum absolute atomic E-state index is 12.4. The van der Waals surface area contributed by atoms with Gasteiger partial charge in [-0.2, -0.15) is 0 Å². The molecule has 1 aromatic heterocycles. The van der Waals surface area contributed by atoms with Gasteiger partial charge < -0.3 is 0 Å². The monoisotopic (exact) mass is 303 g/mol. The van der Waals surface area contributed by atoms with Crippen molar-refractivity contribution >= 4 is 10.8 Å². The summed E-state index contributed by atoms with van der Waals surface area (Å²) < 4.78 is 36.6. The smallest absolute Gasteiger partial charge is 0.259 e. The van der Waals surface area contributed by atoms with Crippen LogP contribution in [-0.4, -0.2) is 19.7 Å². The molecule has 0 N–H and O–H groups in total. The van der Waals surface area contributed by atoms with Crippen LogP contribution in [0.5, 0.6) is 0 Å². The molecule has 1 rings (SSSR count). The van der Waals surface area contributed by atoms with Crippen molar-refractivity contribution in [1.82, 2.24) is 4.98 Å². The van der Waals surface area contributed by atoms with Crippen LogP contribution in [0.15, 0.2) is 18.3 Å². The van der Waals surface area contributed by atoms with Gasteiger partial charge in [-0.25, -0.2) is 8.78 Å². The van der Waals surface area contributed by atoms with E-state index in [1.165, 1.54) is 12.3 Å². The van der Waals surface area contributed by atoms with E-state index in [9.17, 15) is 13.0 Å². The molecule has 114 valence electrons. The minimum Gasteiger partial charge on any atom is -0.259 e. The average Bonchev–Trinajstić information content (AvgIpc) is 2.37. The largest absolute Gasteiger partial charge is 0.280 e. The molecule has 20 heavy (non-hydrogen) atoms. The lowest BCUT2D eigenvalue weighted by Crippen LogP contribution is -2.24. The second-order valence-corrected chi connectivity index (χ2v) is 8.35. The van der Waals surface area contributed by atoms with E-state index in [1.807, 2.05) is 27.7 Å². The Hall–Kier alpha value is -0.840. The van der Waals surface area contributed by atoms with Gasteiger partial charge in [0, 0.05) is 27.5 Å². The first-order valence-corrected chi connectivity index (χ1v) is 8.16. The van der Waals surface area contributed by atoms with Gasteiger partial charge >= 0.3 is 0 Å². The zero-order chi connectivity index (χ0) is 15.3. The SMILES string of the molecule is C[C@@H](CCC[S@@](=O)C(C)(C)C)c1ccc(C(F)F)nc1. The number of nitrogens with zero attached hydrogens (tertiary/aromatic N) is 1. The van der Waals surface area contributed by atoms with Crippen LogP contribution in [0.4, 0.5) is 8.78 Å². The highest BCUT2D eigenvalue weighted by atomic mass is 32.2. The second kappa shape index (κ2) is 7.25. The molecule has 0 saturated heterocycles. The summed E-state index contributed by atoms with van der Waals surface area (Å²) in [6, 6.07) is 3.09. The maximum Gasteiger partial charge on any atom is 0.280 e. The summed E-state index contributed by atoms with van der Waals surface area (Å²) in [7, 11) is -0.835. The van der Waals surface area contributed by atoms with Crippen LogP contribution in [0.3, 0.4) is 0 Å². The van der Waals surface area contributed by atoms with E-state index < -0.39 is 17.2 Å². The summed E-state index contributed by atoms with van der Waals surface area (Å²) >= 11 is 0. The van der Waals surface area contributed by atoms with Crippen LogP contribution in [0, 0.1) is 0 Å². The summed E-state index contributed by atoms with van der Waals surface area (Å²) in [6.07, 6.45) is 0.750. The van der Waals surface area contributed by atoms with Gasteiger partial charge in [-0.05, 0) is 51.2 Å². The Labute approximate surface area is 122 Å². The van der Waals surface area contributed by atoms with Crippen LogP contribution < -0.4 is 0 Å². The Morgan fingerprint density at radius 1 is 1.30 bits per heavy atom. The van der Waals surface area contributed by atoms with E-state index in [0.717, 1.165) is 18.4 Å². The van der Waals surface area contributed by atoms with Crippen molar-refractivity contribution in [2.24, 2.45) is 0 Å². The van der Waals surface area contributed by atoms with E-state index in [-0.39, 0.29) is 16.4 Å². The highest BCUT2D eigenvalue weighted by Gasteiger charge is 2.19. The summed E-state index contributed by atoms with van der Waals surface area (Å²) in [4.78, 5) is 3.77. The van der Waals surface area contributed by atoms with Crippen molar-refractivity contribution in [3.05, 3.63) is 29.6 Å².